The van der Waals surface area contributed by atoms with Gasteiger partial charge in [0.2, 0.25) is 5.91 Å². The van der Waals surface area contributed by atoms with E-state index in [1.165, 1.54) is 4.31 Å². The monoisotopic (exact) mass is 588 g/mol. The number of nitrogens with two attached hydrogens (primary N) is 1. The average molecular weight is 590 g/mol. The van der Waals surface area contributed by atoms with Crippen LogP contribution >= 0.6 is 43.2 Å². The van der Waals surface area contributed by atoms with Crippen molar-refractivity contribution in [2.24, 2.45) is 5.73 Å². The molecule has 0 radical (unpaired) electrons. The van der Waals surface area contributed by atoms with Crippen molar-refractivity contribution in [3.63, 3.8) is 0 Å². The Labute approximate surface area is 201 Å². The van der Waals surface area contributed by atoms with Crippen LogP contribution in [-0.2, 0) is 21.2 Å². The van der Waals surface area contributed by atoms with Gasteiger partial charge < -0.3 is 16.0 Å². The molecule has 4 rings (SSSR count). The van der Waals surface area contributed by atoms with Crippen LogP contribution in [0.1, 0.15) is 24.8 Å². The van der Waals surface area contributed by atoms with Crippen LogP contribution in [0, 0.1) is 0 Å². The normalized spacial score (nSPS) is 18.9. The number of aromatic amines is 1. The summed E-state index contributed by atoms with van der Waals surface area (Å²) in [6.07, 6.45) is 3.69. The molecule has 1 aromatic carbocycles. The first kappa shape index (κ1) is 22.9. The maximum Gasteiger partial charge on any atom is 0.253 e. The van der Waals surface area contributed by atoms with Crippen LogP contribution < -0.4 is 11.1 Å². The number of benzene rings is 1. The van der Waals surface area contributed by atoms with E-state index in [4.69, 9.17) is 5.73 Å². The molecule has 7 nitrogen and oxygen atoms in total. The molecule has 11 heteroatoms. The molecule has 2 atom stereocenters. The molecule has 1 fully saturated rings. The maximum atomic E-state index is 13.2. The molecule has 3 aromatic rings. The maximum absolute atomic E-state index is 13.2. The lowest BCUT2D eigenvalue weighted by Gasteiger charge is -2.33. The van der Waals surface area contributed by atoms with E-state index in [9.17, 15) is 13.2 Å². The Kier molecular flexibility index (Phi) is 6.90. The van der Waals surface area contributed by atoms with Gasteiger partial charge in [-0.2, -0.15) is 4.31 Å². The first-order chi connectivity index (χ1) is 14.8. The molecule has 0 saturated carbocycles. The number of aromatic nitrogens is 1. The van der Waals surface area contributed by atoms with E-state index >= 15 is 0 Å². The standard InChI is InChI=1S/C20H22Br2N4O3S2/c21-14-10-18(30-19(14)22)31(28,29)26-8-4-3-7-16(26)20(27)25-17(23)9-12-11-24-15-6-2-1-5-13(12)15/h1-2,5-6,10-11,16-17,24H,3-4,7-9,23H2,(H,25,27)/t16-,17-/m0/s1. The SMILES string of the molecule is N[C@H](Cc1c[nH]c2ccccc12)NC(=O)[C@@H]1CCCCN1S(=O)(=O)c1cc(Br)c(Br)s1. The molecule has 1 saturated heterocycles. The fourth-order valence-corrected chi connectivity index (χ4v) is 8.50. The van der Waals surface area contributed by atoms with Crippen molar-refractivity contribution in [2.45, 2.75) is 42.1 Å². The van der Waals surface area contributed by atoms with Gasteiger partial charge in [-0.1, -0.05) is 24.6 Å². The zero-order valence-corrected chi connectivity index (χ0v) is 21.3. The molecule has 1 aliphatic heterocycles. The van der Waals surface area contributed by atoms with Gasteiger partial charge in [0.25, 0.3) is 10.0 Å². The Hall–Kier alpha value is -1.24. The summed E-state index contributed by atoms with van der Waals surface area (Å²) in [5.41, 5.74) is 8.24. The number of carbonyl (C=O) groups is 1. The summed E-state index contributed by atoms with van der Waals surface area (Å²) in [6, 6.07) is 8.68. The van der Waals surface area contributed by atoms with Gasteiger partial charge in [0.15, 0.2) is 0 Å². The van der Waals surface area contributed by atoms with Gasteiger partial charge in [0, 0.05) is 34.5 Å². The molecule has 31 heavy (non-hydrogen) atoms. The highest BCUT2D eigenvalue weighted by Crippen LogP contribution is 2.37. The molecule has 1 amide bonds. The number of rotatable bonds is 6. The predicted octanol–water partition coefficient (Wildman–Crippen LogP) is 3.94. The number of halogens is 2. The molecule has 0 unspecified atom stereocenters. The molecular formula is C20H22Br2N4O3S2. The van der Waals surface area contributed by atoms with Gasteiger partial charge >= 0.3 is 0 Å². The van der Waals surface area contributed by atoms with Gasteiger partial charge in [-0.25, -0.2) is 8.42 Å². The van der Waals surface area contributed by atoms with Crippen molar-refractivity contribution in [1.82, 2.24) is 14.6 Å². The first-order valence-electron chi connectivity index (χ1n) is 9.85. The minimum Gasteiger partial charge on any atom is -0.361 e. The van der Waals surface area contributed by atoms with Crippen molar-refractivity contribution >= 4 is 70.0 Å². The number of nitrogens with zero attached hydrogens (tertiary/aromatic N) is 1. The van der Waals surface area contributed by atoms with Crippen molar-refractivity contribution in [1.29, 1.82) is 0 Å². The zero-order valence-electron chi connectivity index (χ0n) is 16.5. The molecule has 3 heterocycles. The summed E-state index contributed by atoms with van der Waals surface area (Å²) in [6.45, 7) is 0.311. The Bertz CT molecular complexity index is 1190. The van der Waals surface area contributed by atoms with Crippen LogP contribution in [0.15, 0.2) is 49.0 Å². The molecule has 0 spiro atoms. The predicted molar refractivity (Wildman–Crippen MR) is 129 cm³/mol. The highest BCUT2D eigenvalue weighted by molar-refractivity contribution is 9.13. The van der Waals surface area contributed by atoms with Crippen LogP contribution in [-0.4, -0.2) is 42.4 Å². The van der Waals surface area contributed by atoms with E-state index in [-0.39, 0.29) is 10.1 Å². The number of piperidine rings is 1. The van der Waals surface area contributed by atoms with E-state index in [0.717, 1.165) is 40.6 Å². The summed E-state index contributed by atoms with van der Waals surface area (Å²) >= 11 is 7.81. The van der Waals surface area contributed by atoms with E-state index in [1.807, 2.05) is 30.5 Å². The van der Waals surface area contributed by atoms with Gasteiger partial charge in [-0.3, -0.25) is 4.79 Å². The lowest BCUT2D eigenvalue weighted by molar-refractivity contribution is -0.126. The summed E-state index contributed by atoms with van der Waals surface area (Å²) in [7, 11) is -3.79. The number of thiophene rings is 1. The molecule has 166 valence electrons. The first-order valence-corrected chi connectivity index (χ1v) is 13.7. The molecule has 0 aliphatic carbocycles. The van der Waals surface area contributed by atoms with Crippen LogP contribution in [0.3, 0.4) is 0 Å². The van der Waals surface area contributed by atoms with Crippen molar-refractivity contribution < 1.29 is 13.2 Å². The van der Waals surface area contributed by atoms with E-state index in [1.54, 1.807) is 6.07 Å². The number of para-hydroxylation sites is 1. The summed E-state index contributed by atoms with van der Waals surface area (Å²) < 4.78 is 29.4. The van der Waals surface area contributed by atoms with Gasteiger partial charge in [-0.15, -0.1) is 11.3 Å². The Morgan fingerprint density at radius 2 is 2.10 bits per heavy atom. The van der Waals surface area contributed by atoms with Crippen LogP contribution in [0.25, 0.3) is 10.9 Å². The molecular weight excluding hydrogens is 568 g/mol. The third kappa shape index (κ3) is 4.76. The topological polar surface area (TPSA) is 108 Å². The zero-order chi connectivity index (χ0) is 22.2. The van der Waals surface area contributed by atoms with Crippen molar-refractivity contribution in [2.75, 3.05) is 6.54 Å². The number of hydrogen-bond donors (Lipinski definition) is 3. The minimum absolute atomic E-state index is 0.203. The fraction of sp³-hybridized carbons (Fsp3) is 0.350. The fourth-order valence-electron chi connectivity index (χ4n) is 3.89. The summed E-state index contributed by atoms with van der Waals surface area (Å²) in [4.78, 5) is 16.2. The Morgan fingerprint density at radius 1 is 1.32 bits per heavy atom. The average Bonchev–Trinajstić information content (AvgIpc) is 3.31. The number of sulfonamides is 1. The van der Waals surface area contributed by atoms with Gasteiger partial charge in [0.1, 0.15) is 10.3 Å². The lowest BCUT2D eigenvalue weighted by atomic mass is 10.0. The molecule has 4 N–H and O–H groups in total. The quantitative estimate of drug-likeness (QED) is 0.378. The second-order valence-corrected chi connectivity index (χ2v) is 12.8. The Balaban J connectivity index is 1.49. The number of nitrogens with one attached hydrogen (secondary N) is 2. The van der Waals surface area contributed by atoms with Gasteiger partial charge in [0.05, 0.1) is 9.95 Å². The number of amides is 1. The van der Waals surface area contributed by atoms with E-state index < -0.39 is 22.2 Å². The van der Waals surface area contributed by atoms with Crippen molar-refractivity contribution in [3.8, 4) is 0 Å². The number of carbonyl (C=O) groups excluding carboxylic acids is 1. The number of fused-ring (bicyclic) bond motifs is 1. The van der Waals surface area contributed by atoms with E-state index in [0.29, 0.717) is 27.6 Å². The van der Waals surface area contributed by atoms with Gasteiger partial charge in [-0.05, 0) is 62.4 Å². The lowest BCUT2D eigenvalue weighted by Crippen LogP contribution is -2.55. The van der Waals surface area contributed by atoms with Crippen LogP contribution in [0.5, 0.6) is 0 Å². The second kappa shape index (κ2) is 9.32. The Morgan fingerprint density at radius 3 is 2.84 bits per heavy atom. The number of hydrogen-bond acceptors (Lipinski definition) is 5. The smallest absolute Gasteiger partial charge is 0.253 e. The van der Waals surface area contributed by atoms with Crippen molar-refractivity contribution in [3.05, 3.63) is 50.4 Å². The molecule has 0 bridgehead atoms. The number of H-pyrrole nitrogens is 1. The highest BCUT2D eigenvalue weighted by Gasteiger charge is 2.39. The highest BCUT2D eigenvalue weighted by atomic mass is 79.9. The van der Waals surface area contributed by atoms with E-state index in [2.05, 4.69) is 42.2 Å². The largest absolute Gasteiger partial charge is 0.361 e. The minimum atomic E-state index is -3.79. The van der Waals surface area contributed by atoms with Crippen LogP contribution in [0.2, 0.25) is 0 Å². The third-order valence-corrected chi connectivity index (χ3v) is 11.0. The second-order valence-electron chi connectivity index (χ2n) is 7.49. The molecule has 1 aliphatic rings. The third-order valence-electron chi connectivity index (χ3n) is 5.38. The molecule has 2 aromatic heterocycles. The summed E-state index contributed by atoms with van der Waals surface area (Å²) in [5.74, 6) is -0.356. The summed E-state index contributed by atoms with van der Waals surface area (Å²) in [5, 5.41) is 3.88. The van der Waals surface area contributed by atoms with Crippen LogP contribution in [0.4, 0.5) is 0 Å².